The molecule has 1 unspecified atom stereocenters. The molecule has 9 heteroatoms. The largest absolute Gasteiger partial charge is 0.320 e. The molecule has 144 valence electrons. The molecule has 3 rings (SSSR count). The average Bonchev–Trinajstić information content (AvgIpc) is 2.97. The number of carbonyl (C=O) groups is 1. The highest BCUT2D eigenvalue weighted by Gasteiger charge is 2.37. The number of benzene rings is 1. The Kier molecular flexibility index (Phi) is 5.21. The number of hydrogen-bond donors (Lipinski definition) is 1. The van der Waals surface area contributed by atoms with Crippen LogP contribution in [0.4, 0.5) is 13.6 Å². The molecular weight excluding hydrogens is 364 g/mol. The van der Waals surface area contributed by atoms with Gasteiger partial charge in [-0.05, 0) is 45.0 Å². The van der Waals surface area contributed by atoms with E-state index >= 15 is 0 Å². The quantitative estimate of drug-likeness (QED) is 0.857. The molecule has 6 nitrogen and oxygen atoms in total. The molecule has 0 bridgehead atoms. The Labute approximate surface area is 152 Å². The SMILES string of the molecule is CC(c1cc(F)c(S(C)(=O)=O)cc1F)N1CCN(C2CCNCC2)C1=O. The Morgan fingerprint density at radius 1 is 1.15 bits per heavy atom. The second kappa shape index (κ2) is 7.11. The van der Waals surface area contributed by atoms with Gasteiger partial charge in [0.15, 0.2) is 9.84 Å². The van der Waals surface area contributed by atoms with Crippen LogP contribution in [0.2, 0.25) is 0 Å². The van der Waals surface area contributed by atoms with E-state index in [0.29, 0.717) is 19.2 Å². The molecule has 0 spiro atoms. The Hall–Kier alpha value is -1.74. The third-order valence-corrected chi connectivity index (χ3v) is 6.30. The van der Waals surface area contributed by atoms with Crippen LogP contribution in [0, 0.1) is 11.6 Å². The number of hydrogen-bond acceptors (Lipinski definition) is 4. The third kappa shape index (κ3) is 3.55. The van der Waals surface area contributed by atoms with E-state index in [-0.39, 0.29) is 17.6 Å². The van der Waals surface area contributed by atoms with Gasteiger partial charge in [0.05, 0.1) is 6.04 Å². The van der Waals surface area contributed by atoms with Gasteiger partial charge >= 0.3 is 6.03 Å². The second-order valence-electron chi connectivity index (χ2n) is 6.90. The fourth-order valence-corrected chi connectivity index (χ4v) is 4.44. The van der Waals surface area contributed by atoms with Crippen LogP contribution in [0.15, 0.2) is 17.0 Å². The van der Waals surface area contributed by atoms with Crippen LogP contribution in [0.1, 0.15) is 31.4 Å². The van der Waals surface area contributed by atoms with Crippen LogP contribution in [-0.4, -0.2) is 62.7 Å². The van der Waals surface area contributed by atoms with Crippen LogP contribution in [0.5, 0.6) is 0 Å². The Bertz CT molecular complexity index is 810. The van der Waals surface area contributed by atoms with Crippen molar-refractivity contribution < 1.29 is 22.0 Å². The van der Waals surface area contributed by atoms with E-state index in [4.69, 9.17) is 0 Å². The molecular formula is C17H23F2N3O3S. The molecule has 0 aliphatic carbocycles. The van der Waals surface area contributed by atoms with Crippen LogP contribution in [0.25, 0.3) is 0 Å². The Morgan fingerprint density at radius 2 is 1.81 bits per heavy atom. The maximum atomic E-state index is 14.5. The summed E-state index contributed by atoms with van der Waals surface area (Å²) in [6.07, 6.45) is 2.58. The molecule has 26 heavy (non-hydrogen) atoms. The van der Waals surface area contributed by atoms with Gasteiger partial charge in [-0.25, -0.2) is 22.0 Å². The first-order chi connectivity index (χ1) is 12.2. The van der Waals surface area contributed by atoms with Crippen molar-refractivity contribution in [2.75, 3.05) is 32.4 Å². The lowest BCUT2D eigenvalue weighted by Gasteiger charge is -2.32. The number of nitrogens with one attached hydrogen (secondary N) is 1. The van der Waals surface area contributed by atoms with Gasteiger partial charge < -0.3 is 15.1 Å². The van der Waals surface area contributed by atoms with Gasteiger partial charge in [-0.2, -0.15) is 0 Å². The summed E-state index contributed by atoms with van der Waals surface area (Å²) in [6.45, 7) is 4.33. The van der Waals surface area contributed by atoms with Crippen LogP contribution in [0.3, 0.4) is 0 Å². The topological polar surface area (TPSA) is 69.7 Å². The summed E-state index contributed by atoms with van der Waals surface area (Å²) in [7, 11) is -3.86. The lowest BCUT2D eigenvalue weighted by atomic mass is 10.1. The van der Waals surface area contributed by atoms with Crippen LogP contribution in [-0.2, 0) is 9.84 Å². The number of carbonyl (C=O) groups excluding carboxylic acids is 1. The fourth-order valence-electron chi connectivity index (χ4n) is 3.70. The first-order valence-electron chi connectivity index (χ1n) is 8.67. The summed E-state index contributed by atoms with van der Waals surface area (Å²) in [4.78, 5) is 15.4. The molecule has 2 aliphatic heterocycles. The zero-order valence-corrected chi connectivity index (χ0v) is 15.7. The van der Waals surface area contributed by atoms with Gasteiger partial charge in [-0.3, -0.25) is 0 Å². The fraction of sp³-hybridized carbons (Fsp3) is 0.588. The molecule has 2 amide bonds. The number of piperidine rings is 1. The zero-order chi connectivity index (χ0) is 19.1. The molecule has 2 fully saturated rings. The minimum absolute atomic E-state index is 0.0181. The van der Waals surface area contributed by atoms with Crippen LogP contribution < -0.4 is 5.32 Å². The zero-order valence-electron chi connectivity index (χ0n) is 14.8. The number of amides is 2. The van der Waals surface area contributed by atoms with Crippen molar-refractivity contribution in [3.05, 3.63) is 29.3 Å². The van der Waals surface area contributed by atoms with Crippen molar-refractivity contribution in [1.29, 1.82) is 0 Å². The lowest BCUT2D eigenvalue weighted by molar-refractivity contribution is 0.157. The van der Waals surface area contributed by atoms with Gasteiger partial charge in [0.25, 0.3) is 0 Å². The normalized spacial score (nSPS) is 20.7. The monoisotopic (exact) mass is 387 g/mol. The highest BCUT2D eigenvalue weighted by atomic mass is 32.2. The lowest BCUT2D eigenvalue weighted by Crippen LogP contribution is -2.45. The predicted octanol–water partition coefficient (Wildman–Crippen LogP) is 1.92. The summed E-state index contributed by atoms with van der Waals surface area (Å²) in [5.74, 6) is -1.83. The number of rotatable bonds is 4. The standard InChI is InChI=1S/C17H23F2N3O3S/c1-11(13-9-15(19)16(10-14(13)18)26(2,24)25)21-7-8-22(17(21)23)12-3-5-20-6-4-12/h9-12,20H,3-8H2,1-2H3. The maximum absolute atomic E-state index is 14.5. The number of halogens is 2. The van der Waals surface area contributed by atoms with Crippen molar-refractivity contribution in [1.82, 2.24) is 15.1 Å². The summed E-state index contributed by atoms with van der Waals surface area (Å²) >= 11 is 0. The molecule has 1 aromatic carbocycles. The van der Waals surface area contributed by atoms with E-state index in [1.54, 1.807) is 11.8 Å². The Morgan fingerprint density at radius 3 is 2.42 bits per heavy atom. The van der Waals surface area contributed by atoms with E-state index in [9.17, 15) is 22.0 Å². The van der Waals surface area contributed by atoms with Gasteiger partial charge in [0.2, 0.25) is 0 Å². The summed E-state index contributed by atoms with van der Waals surface area (Å²) in [5, 5.41) is 3.25. The van der Waals surface area contributed by atoms with Crippen molar-refractivity contribution in [2.45, 2.75) is 36.7 Å². The first kappa shape index (κ1) is 19.0. The minimum Gasteiger partial charge on any atom is -0.320 e. The van der Waals surface area contributed by atoms with Gasteiger partial charge in [0, 0.05) is 31.0 Å². The molecule has 1 aromatic rings. The highest BCUT2D eigenvalue weighted by Crippen LogP contribution is 2.31. The second-order valence-corrected chi connectivity index (χ2v) is 8.89. The Balaban J connectivity index is 1.82. The van der Waals surface area contributed by atoms with Crippen molar-refractivity contribution in [3.63, 3.8) is 0 Å². The van der Waals surface area contributed by atoms with Crippen molar-refractivity contribution >= 4 is 15.9 Å². The van der Waals surface area contributed by atoms with Gasteiger partial charge in [0.1, 0.15) is 16.5 Å². The molecule has 0 aromatic heterocycles. The molecule has 0 radical (unpaired) electrons. The van der Waals surface area contributed by atoms with E-state index in [1.165, 1.54) is 4.90 Å². The third-order valence-electron chi connectivity index (χ3n) is 5.19. The van der Waals surface area contributed by atoms with Crippen molar-refractivity contribution in [3.8, 4) is 0 Å². The van der Waals surface area contributed by atoms with E-state index in [2.05, 4.69) is 5.32 Å². The summed E-state index contributed by atoms with van der Waals surface area (Å²) < 4.78 is 51.7. The molecule has 2 aliphatic rings. The van der Waals surface area contributed by atoms with Gasteiger partial charge in [-0.1, -0.05) is 0 Å². The average molecular weight is 387 g/mol. The molecule has 2 saturated heterocycles. The summed E-state index contributed by atoms with van der Waals surface area (Å²) in [6, 6.07) is 0.877. The van der Waals surface area contributed by atoms with E-state index < -0.39 is 32.4 Å². The van der Waals surface area contributed by atoms with Gasteiger partial charge in [-0.15, -0.1) is 0 Å². The molecule has 1 N–H and O–H groups in total. The molecule has 1 atom stereocenters. The molecule has 0 saturated carbocycles. The number of sulfone groups is 1. The van der Waals surface area contributed by atoms with Crippen LogP contribution >= 0.6 is 0 Å². The van der Waals surface area contributed by atoms with E-state index in [0.717, 1.165) is 38.3 Å². The number of nitrogens with zero attached hydrogens (tertiary/aromatic N) is 2. The number of urea groups is 1. The maximum Gasteiger partial charge on any atom is 0.320 e. The minimum atomic E-state index is -3.86. The highest BCUT2D eigenvalue weighted by molar-refractivity contribution is 7.90. The first-order valence-corrected chi connectivity index (χ1v) is 10.6. The smallest absolute Gasteiger partial charge is 0.320 e. The van der Waals surface area contributed by atoms with Crippen molar-refractivity contribution in [2.24, 2.45) is 0 Å². The summed E-state index contributed by atoms with van der Waals surface area (Å²) in [5.41, 5.74) is -0.0181. The predicted molar refractivity (Wildman–Crippen MR) is 92.6 cm³/mol. The molecule has 2 heterocycles. The van der Waals surface area contributed by atoms with E-state index in [1.807, 2.05) is 0 Å².